The molecule has 3 aliphatic rings. The molecule has 5 nitrogen and oxygen atoms in total. The van der Waals surface area contributed by atoms with E-state index in [0.29, 0.717) is 17.0 Å². The first kappa shape index (κ1) is 24.7. The van der Waals surface area contributed by atoms with Crippen molar-refractivity contribution >= 4 is 34.7 Å². The van der Waals surface area contributed by atoms with Gasteiger partial charge in [0, 0.05) is 28.8 Å². The summed E-state index contributed by atoms with van der Waals surface area (Å²) in [6.45, 7) is 4.36. The van der Waals surface area contributed by atoms with E-state index in [4.69, 9.17) is 11.6 Å². The Morgan fingerprint density at radius 2 is 1.63 bits per heavy atom. The maximum Gasteiger partial charge on any atom is 0.239 e. The van der Waals surface area contributed by atoms with Gasteiger partial charge in [0.25, 0.3) is 0 Å². The number of Topliss-reactive ketones (excluding diaryl/α,β-unsaturated/α-hetero) is 1. The van der Waals surface area contributed by atoms with Crippen LogP contribution in [0.4, 0.5) is 11.4 Å². The number of carbonyl (C=O) groups excluding carboxylic acids is 2. The highest BCUT2D eigenvalue weighted by atomic mass is 35.5. The molecule has 6 heteroatoms. The Balaban J connectivity index is 1.41. The molecule has 2 aliphatic carbocycles. The third-order valence-corrected chi connectivity index (χ3v) is 8.28. The van der Waals surface area contributed by atoms with E-state index in [-0.39, 0.29) is 29.7 Å². The number of anilines is 2. The molecule has 194 valence electrons. The molecule has 0 fully saturated rings. The summed E-state index contributed by atoms with van der Waals surface area (Å²) in [4.78, 5) is 29.5. The predicted molar refractivity (Wildman–Crippen MR) is 152 cm³/mol. The van der Waals surface area contributed by atoms with E-state index in [1.807, 2.05) is 60.7 Å². The highest BCUT2D eigenvalue weighted by molar-refractivity contribution is 6.31. The maximum atomic E-state index is 13.8. The number of nitrogens with zero attached hydrogens (tertiary/aromatic N) is 1. The molecule has 3 aromatic rings. The number of ketones is 1. The average Bonchev–Trinajstić information content (AvgIpc) is 3.22. The van der Waals surface area contributed by atoms with Crippen molar-refractivity contribution in [2.24, 2.45) is 5.41 Å². The number of hydrogen-bond acceptors (Lipinski definition) is 4. The number of para-hydroxylation sites is 2. The molecule has 0 saturated heterocycles. The van der Waals surface area contributed by atoms with E-state index in [1.165, 1.54) is 11.1 Å². The van der Waals surface area contributed by atoms with Gasteiger partial charge in [-0.1, -0.05) is 80.0 Å². The van der Waals surface area contributed by atoms with Crippen LogP contribution >= 0.6 is 11.6 Å². The molecule has 6 rings (SSSR count). The van der Waals surface area contributed by atoms with Crippen molar-refractivity contribution in [2.45, 2.75) is 51.6 Å². The molecule has 0 aromatic heterocycles. The maximum absolute atomic E-state index is 13.8. The largest absolute Gasteiger partial charge is 0.357 e. The van der Waals surface area contributed by atoms with Gasteiger partial charge in [-0.3, -0.25) is 9.59 Å². The average molecular weight is 526 g/mol. The molecule has 0 bridgehead atoms. The SMILES string of the molecule is CC1(C)CC(=O)C2=C(C1)Nc1ccccc1N(CC(=O)NC1Cc3ccccc3C1)C2c1ccccc1Cl. The Morgan fingerprint density at radius 1 is 0.974 bits per heavy atom. The summed E-state index contributed by atoms with van der Waals surface area (Å²) >= 11 is 6.78. The minimum atomic E-state index is -0.482. The van der Waals surface area contributed by atoms with Crippen LogP contribution in [-0.4, -0.2) is 24.3 Å². The molecule has 3 aromatic carbocycles. The zero-order valence-corrected chi connectivity index (χ0v) is 22.5. The minimum absolute atomic E-state index is 0.0610. The quantitative estimate of drug-likeness (QED) is 0.423. The normalized spacial score (nSPS) is 20.2. The topological polar surface area (TPSA) is 61.4 Å². The fourth-order valence-corrected chi connectivity index (χ4v) is 6.58. The molecule has 1 atom stereocenters. The lowest BCUT2D eigenvalue weighted by Gasteiger charge is -2.38. The number of rotatable bonds is 4. The standard InChI is InChI=1S/C32H32ClN3O2/c1-32(2)17-26-30(28(37)18-32)31(23-11-5-6-12-24(23)33)36(27-14-8-7-13-25(27)35-26)19-29(38)34-22-15-20-9-3-4-10-21(20)16-22/h3-14,22,31,35H,15-19H2,1-2H3,(H,34,38). The second-order valence-electron chi connectivity index (χ2n) is 11.5. The number of halogens is 1. The molecular formula is C32H32ClN3O2. The van der Waals surface area contributed by atoms with E-state index < -0.39 is 6.04 Å². The summed E-state index contributed by atoms with van der Waals surface area (Å²) in [5.41, 5.74) is 6.64. The van der Waals surface area contributed by atoms with Crippen molar-refractivity contribution in [2.75, 3.05) is 16.8 Å². The first-order chi connectivity index (χ1) is 18.3. The van der Waals surface area contributed by atoms with Gasteiger partial charge in [0.15, 0.2) is 5.78 Å². The highest BCUT2D eigenvalue weighted by Gasteiger charge is 2.42. The van der Waals surface area contributed by atoms with Gasteiger partial charge in [0.1, 0.15) is 0 Å². The summed E-state index contributed by atoms with van der Waals surface area (Å²) in [5.74, 6) is 0.0282. The first-order valence-electron chi connectivity index (χ1n) is 13.3. The third-order valence-electron chi connectivity index (χ3n) is 7.93. The lowest BCUT2D eigenvalue weighted by molar-refractivity contribution is -0.121. The summed E-state index contributed by atoms with van der Waals surface area (Å²) in [7, 11) is 0. The number of amides is 1. The van der Waals surface area contributed by atoms with Gasteiger partial charge in [-0.2, -0.15) is 0 Å². The molecule has 1 unspecified atom stereocenters. The predicted octanol–water partition coefficient (Wildman–Crippen LogP) is 6.24. The van der Waals surface area contributed by atoms with E-state index in [1.54, 1.807) is 0 Å². The Morgan fingerprint density at radius 3 is 2.37 bits per heavy atom. The van der Waals surface area contributed by atoms with Gasteiger partial charge in [-0.25, -0.2) is 0 Å². The summed E-state index contributed by atoms with van der Waals surface area (Å²) < 4.78 is 0. The number of nitrogens with one attached hydrogen (secondary N) is 2. The first-order valence-corrected chi connectivity index (χ1v) is 13.7. The van der Waals surface area contributed by atoms with Gasteiger partial charge < -0.3 is 15.5 Å². The van der Waals surface area contributed by atoms with Gasteiger partial charge in [-0.05, 0) is 59.6 Å². The molecule has 0 radical (unpaired) electrons. The summed E-state index contributed by atoms with van der Waals surface area (Å²) in [6.07, 6.45) is 2.85. The second kappa shape index (κ2) is 9.63. The van der Waals surface area contributed by atoms with Crippen molar-refractivity contribution in [3.8, 4) is 0 Å². The van der Waals surface area contributed by atoms with Crippen LogP contribution in [0.2, 0.25) is 5.02 Å². The number of hydrogen-bond donors (Lipinski definition) is 2. The van der Waals surface area contributed by atoms with Crippen molar-refractivity contribution < 1.29 is 9.59 Å². The number of allylic oxidation sites excluding steroid dienone is 1. The molecular weight excluding hydrogens is 494 g/mol. The van der Waals surface area contributed by atoms with E-state index in [0.717, 1.165) is 41.9 Å². The van der Waals surface area contributed by atoms with E-state index in [2.05, 4.69) is 41.5 Å². The van der Waals surface area contributed by atoms with Gasteiger partial charge >= 0.3 is 0 Å². The van der Waals surface area contributed by atoms with E-state index >= 15 is 0 Å². The van der Waals surface area contributed by atoms with Crippen molar-refractivity contribution in [3.05, 3.63) is 106 Å². The summed E-state index contributed by atoms with van der Waals surface area (Å²) in [6, 6.07) is 23.6. The van der Waals surface area contributed by atoms with Crippen LogP contribution in [0.3, 0.4) is 0 Å². The van der Waals surface area contributed by atoms with Crippen LogP contribution in [0.5, 0.6) is 0 Å². The minimum Gasteiger partial charge on any atom is -0.357 e. The van der Waals surface area contributed by atoms with Crippen LogP contribution in [0.25, 0.3) is 0 Å². The molecule has 2 N–H and O–H groups in total. The van der Waals surface area contributed by atoms with Gasteiger partial charge in [-0.15, -0.1) is 0 Å². The van der Waals surface area contributed by atoms with Crippen LogP contribution in [-0.2, 0) is 22.4 Å². The van der Waals surface area contributed by atoms with Gasteiger partial charge in [0.05, 0.1) is 24.0 Å². The Labute approximate surface area is 228 Å². The molecule has 1 aliphatic heterocycles. The van der Waals surface area contributed by atoms with Crippen LogP contribution < -0.4 is 15.5 Å². The Hall–Kier alpha value is -3.57. The van der Waals surface area contributed by atoms with Crippen LogP contribution in [0.15, 0.2) is 84.1 Å². The smallest absolute Gasteiger partial charge is 0.239 e. The van der Waals surface area contributed by atoms with Crippen molar-refractivity contribution in [1.29, 1.82) is 0 Å². The van der Waals surface area contributed by atoms with Crippen molar-refractivity contribution in [3.63, 3.8) is 0 Å². The lowest BCUT2D eigenvalue weighted by atomic mass is 9.73. The fraction of sp³-hybridized carbons (Fsp3) is 0.312. The summed E-state index contributed by atoms with van der Waals surface area (Å²) in [5, 5.41) is 7.45. The lowest BCUT2D eigenvalue weighted by Crippen LogP contribution is -2.45. The Kier molecular flexibility index (Phi) is 6.27. The zero-order chi connectivity index (χ0) is 26.4. The number of fused-ring (bicyclic) bond motifs is 2. The van der Waals surface area contributed by atoms with Crippen LogP contribution in [0, 0.1) is 5.41 Å². The number of benzene rings is 3. The zero-order valence-electron chi connectivity index (χ0n) is 21.8. The molecule has 1 amide bonds. The third kappa shape index (κ3) is 4.60. The fourth-order valence-electron chi connectivity index (χ4n) is 6.34. The monoisotopic (exact) mass is 525 g/mol. The second-order valence-corrected chi connectivity index (χ2v) is 11.9. The number of carbonyl (C=O) groups is 2. The molecule has 1 heterocycles. The molecule has 38 heavy (non-hydrogen) atoms. The molecule has 0 saturated carbocycles. The molecule has 0 spiro atoms. The van der Waals surface area contributed by atoms with Crippen molar-refractivity contribution in [1.82, 2.24) is 5.32 Å². The van der Waals surface area contributed by atoms with Crippen LogP contribution in [0.1, 0.15) is 49.4 Å². The van der Waals surface area contributed by atoms with E-state index in [9.17, 15) is 9.59 Å². The highest BCUT2D eigenvalue weighted by Crippen LogP contribution is 2.49. The Bertz CT molecular complexity index is 1440. The van der Waals surface area contributed by atoms with Gasteiger partial charge in [0.2, 0.25) is 5.91 Å².